The van der Waals surface area contributed by atoms with E-state index in [1.165, 1.54) is 12.1 Å². The molecule has 0 bridgehead atoms. The third-order valence-electron chi connectivity index (χ3n) is 4.20. The van der Waals surface area contributed by atoms with Gasteiger partial charge >= 0.3 is 0 Å². The van der Waals surface area contributed by atoms with Gasteiger partial charge in [-0.15, -0.1) is 0 Å². The fourth-order valence-electron chi connectivity index (χ4n) is 2.59. The molecule has 0 aliphatic heterocycles. The number of ether oxygens (including phenoxy) is 3. The lowest BCUT2D eigenvalue weighted by molar-refractivity contribution is 0.0950. The lowest BCUT2D eigenvalue weighted by atomic mass is 10.2. The lowest BCUT2D eigenvalue weighted by Crippen LogP contribution is -2.22. The maximum Gasteiger partial charge on any atom is 0.251 e. The highest BCUT2D eigenvalue weighted by atomic mass is 19.1. The summed E-state index contributed by atoms with van der Waals surface area (Å²) in [4.78, 5) is 16.7. The highest BCUT2D eigenvalue weighted by molar-refractivity contribution is 5.94. The Kier molecular flexibility index (Phi) is 7.74. The standard InChI is InChI=1S/C23H23FN2O4/c1-28-11-12-29-22-10-7-18(14-25-22)15-26-23(27)19-3-2-4-21(13-19)30-16-17-5-8-20(24)9-6-17/h2-10,13-14H,11-12,15-16H2,1H3,(H,26,27). The molecule has 156 valence electrons. The third kappa shape index (κ3) is 6.56. The van der Waals surface area contributed by atoms with Crippen LogP contribution in [0, 0.1) is 5.82 Å². The molecule has 0 saturated heterocycles. The largest absolute Gasteiger partial charge is 0.489 e. The molecule has 1 N–H and O–H groups in total. The number of halogens is 1. The van der Waals surface area contributed by atoms with Crippen LogP contribution in [0.3, 0.4) is 0 Å². The molecule has 1 heterocycles. The van der Waals surface area contributed by atoms with Crippen molar-refractivity contribution >= 4 is 5.91 Å². The van der Waals surface area contributed by atoms with E-state index >= 15 is 0 Å². The summed E-state index contributed by atoms with van der Waals surface area (Å²) in [6, 6.07) is 16.6. The van der Waals surface area contributed by atoms with Crippen LogP contribution in [0.5, 0.6) is 11.6 Å². The normalized spacial score (nSPS) is 10.5. The number of benzene rings is 2. The lowest BCUT2D eigenvalue weighted by Gasteiger charge is -2.09. The maximum atomic E-state index is 13.0. The van der Waals surface area contributed by atoms with Crippen molar-refractivity contribution < 1.29 is 23.4 Å². The van der Waals surface area contributed by atoms with Crippen LogP contribution < -0.4 is 14.8 Å². The summed E-state index contributed by atoms with van der Waals surface area (Å²) in [5.41, 5.74) is 2.18. The van der Waals surface area contributed by atoms with Crippen LogP contribution in [0.2, 0.25) is 0 Å². The van der Waals surface area contributed by atoms with Gasteiger partial charge < -0.3 is 19.5 Å². The van der Waals surface area contributed by atoms with Gasteiger partial charge in [-0.1, -0.05) is 24.3 Å². The van der Waals surface area contributed by atoms with Crippen molar-refractivity contribution in [3.63, 3.8) is 0 Å². The Morgan fingerprint density at radius 1 is 1.00 bits per heavy atom. The van der Waals surface area contributed by atoms with E-state index in [2.05, 4.69) is 10.3 Å². The molecule has 3 rings (SSSR count). The number of carbonyl (C=O) groups is 1. The minimum atomic E-state index is -0.291. The van der Waals surface area contributed by atoms with Gasteiger partial charge in [-0.2, -0.15) is 0 Å². The van der Waals surface area contributed by atoms with Crippen LogP contribution in [0.25, 0.3) is 0 Å². The summed E-state index contributed by atoms with van der Waals surface area (Å²) in [5.74, 6) is 0.558. The molecule has 3 aromatic rings. The van der Waals surface area contributed by atoms with Crippen LogP contribution in [-0.4, -0.2) is 31.2 Å². The van der Waals surface area contributed by atoms with Gasteiger partial charge in [-0.25, -0.2) is 9.37 Å². The predicted octanol–water partition coefficient (Wildman–Crippen LogP) is 3.75. The second kappa shape index (κ2) is 10.9. The zero-order chi connectivity index (χ0) is 21.2. The number of hydrogen-bond acceptors (Lipinski definition) is 5. The number of hydrogen-bond donors (Lipinski definition) is 1. The molecule has 0 spiro atoms. The number of amides is 1. The molecular formula is C23H23FN2O4. The van der Waals surface area contributed by atoms with Crippen molar-refractivity contribution in [1.82, 2.24) is 10.3 Å². The van der Waals surface area contributed by atoms with Crippen molar-refractivity contribution in [3.8, 4) is 11.6 Å². The number of pyridine rings is 1. The fraction of sp³-hybridized carbons (Fsp3) is 0.217. The minimum absolute atomic E-state index is 0.220. The topological polar surface area (TPSA) is 69.7 Å². The zero-order valence-electron chi connectivity index (χ0n) is 16.6. The number of methoxy groups -OCH3 is 1. The quantitative estimate of drug-likeness (QED) is 0.516. The Bertz CT molecular complexity index is 946. The van der Waals surface area contributed by atoms with Crippen molar-refractivity contribution in [2.24, 2.45) is 0 Å². The van der Waals surface area contributed by atoms with E-state index in [4.69, 9.17) is 14.2 Å². The molecule has 1 amide bonds. The average molecular weight is 410 g/mol. The smallest absolute Gasteiger partial charge is 0.251 e. The van der Waals surface area contributed by atoms with Gasteiger partial charge in [0, 0.05) is 31.5 Å². The van der Waals surface area contributed by atoms with E-state index in [0.717, 1.165) is 11.1 Å². The van der Waals surface area contributed by atoms with Gasteiger partial charge in [-0.05, 0) is 41.5 Å². The van der Waals surface area contributed by atoms with Crippen molar-refractivity contribution in [2.45, 2.75) is 13.2 Å². The van der Waals surface area contributed by atoms with Gasteiger partial charge in [0.2, 0.25) is 5.88 Å². The van der Waals surface area contributed by atoms with E-state index in [1.54, 1.807) is 55.8 Å². The van der Waals surface area contributed by atoms with Gasteiger partial charge in [0.1, 0.15) is 24.8 Å². The number of carbonyl (C=O) groups excluding carboxylic acids is 1. The summed E-state index contributed by atoms with van der Waals surface area (Å²) < 4.78 is 29.0. The van der Waals surface area contributed by atoms with Crippen LogP contribution in [0.1, 0.15) is 21.5 Å². The van der Waals surface area contributed by atoms with Gasteiger partial charge in [0.15, 0.2) is 0 Å². The summed E-state index contributed by atoms with van der Waals surface area (Å²) >= 11 is 0. The molecule has 0 radical (unpaired) electrons. The van der Waals surface area contributed by atoms with E-state index in [0.29, 0.717) is 37.0 Å². The van der Waals surface area contributed by atoms with Gasteiger partial charge in [0.25, 0.3) is 5.91 Å². The van der Waals surface area contributed by atoms with E-state index < -0.39 is 0 Å². The van der Waals surface area contributed by atoms with Gasteiger partial charge in [0.05, 0.1) is 6.61 Å². The molecule has 0 atom stereocenters. The van der Waals surface area contributed by atoms with Crippen molar-refractivity contribution in [3.05, 3.63) is 89.4 Å². The fourth-order valence-corrected chi connectivity index (χ4v) is 2.59. The first-order valence-electron chi connectivity index (χ1n) is 9.46. The Balaban J connectivity index is 1.50. The first-order chi connectivity index (χ1) is 14.6. The monoisotopic (exact) mass is 410 g/mol. The van der Waals surface area contributed by atoms with Gasteiger partial charge in [-0.3, -0.25) is 4.79 Å². The number of aromatic nitrogens is 1. The van der Waals surface area contributed by atoms with Crippen molar-refractivity contribution in [2.75, 3.05) is 20.3 Å². The molecule has 0 saturated carbocycles. The molecular weight excluding hydrogens is 387 g/mol. The molecule has 0 aliphatic rings. The number of nitrogens with zero attached hydrogens (tertiary/aromatic N) is 1. The minimum Gasteiger partial charge on any atom is -0.489 e. The SMILES string of the molecule is COCCOc1ccc(CNC(=O)c2cccc(OCc3ccc(F)cc3)c2)cn1. The molecule has 7 heteroatoms. The Labute approximate surface area is 174 Å². The van der Waals surface area contributed by atoms with Crippen molar-refractivity contribution in [1.29, 1.82) is 0 Å². The molecule has 2 aromatic carbocycles. The summed E-state index contributed by atoms with van der Waals surface area (Å²) in [5, 5.41) is 2.86. The summed E-state index contributed by atoms with van der Waals surface area (Å²) in [7, 11) is 1.61. The van der Waals surface area contributed by atoms with Crippen LogP contribution in [0.4, 0.5) is 4.39 Å². The van der Waals surface area contributed by atoms with Crippen LogP contribution in [0.15, 0.2) is 66.9 Å². The molecule has 1 aromatic heterocycles. The van der Waals surface area contributed by atoms with E-state index in [-0.39, 0.29) is 18.3 Å². The second-order valence-corrected chi connectivity index (χ2v) is 6.47. The summed E-state index contributed by atoms with van der Waals surface area (Å²) in [6.45, 7) is 1.55. The molecule has 0 unspecified atom stereocenters. The van der Waals surface area contributed by atoms with E-state index in [9.17, 15) is 9.18 Å². The van der Waals surface area contributed by atoms with Crippen LogP contribution >= 0.6 is 0 Å². The Morgan fingerprint density at radius 3 is 2.53 bits per heavy atom. The average Bonchev–Trinajstić information content (AvgIpc) is 2.78. The number of rotatable bonds is 10. The van der Waals surface area contributed by atoms with Crippen LogP contribution in [-0.2, 0) is 17.9 Å². The highest BCUT2D eigenvalue weighted by Gasteiger charge is 2.07. The molecule has 0 aliphatic carbocycles. The molecule has 30 heavy (non-hydrogen) atoms. The third-order valence-corrected chi connectivity index (χ3v) is 4.20. The molecule has 0 fully saturated rings. The second-order valence-electron chi connectivity index (χ2n) is 6.47. The first kappa shape index (κ1) is 21.3. The number of nitrogens with one attached hydrogen (secondary N) is 1. The highest BCUT2D eigenvalue weighted by Crippen LogP contribution is 2.16. The Morgan fingerprint density at radius 2 is 1.80 bits per heavy atom. The summed E-state index contributed by atoms with van der Waals surface area (Å²) in [6.07, 6.45) is 1.66. The predicted molar refractivity (Wildman–Crippen MR) is 110 cm³/mol. The first-order valence-corrected chi connectivity index (χ1v) is 9.46. The molecule has 6 nitrogen and oxygen atoms in total. The maximum absolute atomic E-state index is 13.0. The van der Waals surface area contributed by atoms with E-state index in [1.807, 2.05) is 6.07 Å². The Hall–Kier alpha value is -3.45. The zero-order valence-corrected chi connectivity index (χ0v) is 16.6.